The molecule has 0 radical (unpaired) electrons. The predicted octanol–water partition coefficient (Wildman–Crippen LogP) is 3.13. The number of carbonyl (C=O) groups is 2. The molecule has 1 amide bonds. The fourth-order valence-corrected chi connectivity index (χ4v) is 2.46. The van der Waals surface area contributed by atoms with Crippen LogP contribution in [-0.4, -0.2) is 23.4 Å². The number of benzene rings is 2. The Bertz CT molecular complexity index is 875. The number of aromatic nitrogens is 1. The first-order chi connectivity index (χ1) is 13.2. The average Bonchev–Trinajstić information content (AvgIpc) is 3.17. The maximum atomic E-state index is 11.8. The van der Waals surface area contributed by atoms with E-state index in [-0.39, 0.29) is 31.9 Å². The third-order valence-corrected chi connectivity index (χ3v) is 3.81. The lowest BCUT2D eigenvalue weighted by atomic mass is 10.1. The Labute approximate surface area is 157 Å². The normalized spacial score (nSPS) is 10.4. The zero-order valence-electron chi connectivity index (χ0n) is 14.8. The van der Waals surface area contributed by atoms with Crippen molar-refractivity contribution in [3.8, 4) is 11.5 Å². The summed E-state index contributed by atoms with van der Waals surface area (Å²) in [5, 5.41) is 2.71. The highest BCUT2D eigenvalue weighted by Gasteiger charge is 2.10. The lowest BCUT2D eigenvalue weighted by Crippen LogP contribution is -2.27. The van der Waals surface area contributed by atoms with E-state index >= 15 is 0 Å². The van der Waals surface area contributed by atoms with E-state index in [1.807, 2.05) is 60.7 Å². The van der Waals surface area contributed by atoms with Gasteiger partial charge in [0.1, 0.15) is 18.6 Å². The van der Waals surface area contributed by atoms with Gasteiger partial charge in [0.05, 0.1) is 12.8 Å². The molecule has 0 bridgehead atoms. The summed E-state index contributed by atoms with van der Waals surface area (Å²) in [4.78, 5) is 27.9. The zero-order chi connectivity index (χ0) is 18.9. The highest BCUT2D eigenvalue weighted by molar-refractivity contribution is 5.79. The summed E-state index contributed by atoms with van der Waals surface area (Å²) in [6.07, 6.45) is 1.86. The Kier molecular flexibility index (Phi) is 6.35. The summed E-state index contributed by atoms with van der Waals surface area (Å²) in [5.41, 5.74) is 2.32. The standard InChI is InChI=1S/C21H20N2O4/c24-19(13-16-7-3-1-4-8-16)22-12-11-20(25)26-14-18-15-27-21(23-18)17-9-5-2-6-10-17/h1-10,15H,11-14H2,(H,22,24). The number of rotatable bonds is 8. The van der Waals surface area contributed by atoms with Gasteiger partial charge in [-0.3, -0.25) is 9.59 Å². The van der Waals surface area contributed by atoms with Crippen molar-refractivity contribution in [1.29, 1.82) is 0 Å². The van der Waals surface area contributed by atoms with Gasteiger partial charge in [0.2, 0.25) is 11.8 Å². The lowest BCUT2D eigenvalue weighted by Gasteiger charge is -2.05. The van der Waals surface area contributed by atoms with Crippen LogP contribution in [0.2, 0.25) is 0 Å². The van der Waals surface area contributed by atoms with Crippen LogP contribution in [0.5, 0.6) is 0 Å². The van der Waals surface area contributed by atoms with Gasteiger partial charge in [-0.1, -0.05) is 48.5 Å². The highest BCUT2D eigenvalue weighted by atomic mass is 16.5. The molecule has 0 aliphatic rings. The summed E-state index contributed by atoms with van der Waals surface area (Å²) in [7, 11) is 0. The number of nitrogens with one attached hydrogen (secondary N) is 1. The van der Waals surface area contributed by atoms with E-state index < -0.39 is 5.97 Å². The average molecular weight is 364 g/mol. The van der Waals surface area contributed by atoms with Crippen LogP contribution in [-0.2, 0) is 27.4 Å². The van der Waals surface area contributed by atoms with Crippen LogP contribution in [0, 0.1) is 0 Å². The van der Waals surface area contributed by atoms with E-state index in [1.54, 1.807) is 0 Å². The van der Waals surface area contributed by atoms with Gasteiger partial charge in [-0.15, -0.1) is 0 Å². The number of amides is 1. The van der Waals surface area contributed by atoms with Crippen LogP contribution in [0.15, 0.2) is 71.3 Å². The minimum Gasteiger partial charge on any atom is -0.459 e. The molecule has 6 heteroatoms. The van der Waals surface area contributed by atoms with Gasteiger partial charge in [0.15, 0.2) is 0 Å². The second kappa shape index (κ2) is 9.33. The highest BCUT2D eigenvalue weighted by Crippen LogP contribution is 2.18. The molecular weight excluding hydrogens is 344 g/mol. The molecular formula is C21H20N2O4. The van der Waals surface area contributed by atoms with E-state index in [1.165, 1.54) is 6.26 Å². The van der Waals surface area contributed by atoms with Crippen molar-refractivity contribution >= 4 is 11.9 Å². The predicted molar refractivity (Wildman–Crippen MR) is 99.5 cm³/mol. The van der Waals surface area contributed by atoms with E-state index in [0.29, 0.717) is 11.6 Å². The van der Waals surface area contributed by atoms with Crippen molar-refractivity contribution < 1.29 is 18.7 Å². The van der Waals surface area contributed by atoms with Gasteiger partial charge in [0, 0.05) is 12.1 Å². The van der Waals surface area contributed by atoms with Gasteiger partial charge in [0.25, 0.3) is 0 Å². The first-order valence-electron chi connectivity index (χ1n) is 8.67. The van der Waals surface area contributed by atoms with Crippen LogP contribution in [0.25, 0.3) is 11.5 Å². The van der Waals surface area contributed by atoms with E-state index in [2.05, 4.69) is 10.3 Å². The molecule has 0 fully saturated rings. The Balaban J connectivity index is 1.36. The fourth-order valence-electron chi connectivity index (χ4n) is 2.46. The summed E-state index contributed by atoms with van der Waals surface area (Å²) in [6.45, 7) is 0.270. The van der Waals surface area contributed by atoms with Crippen LogP contribution < -0.4 is 5.32 Å². The number of ether oxygens (including phenoxy) is 1. The molecule has 0 atom stereocenters. The molecule has 3 rings (SSSR count). The van der Waals surface area contributed by atoms with Gasteiger partial charge < -0.3 is 14.5 Å². The molecule has 1 aromatic heterocycles. The largest absolute Gasteiger partial charge is 0.459 e. The second-order valence-electron chi connectivity index (χ2n) is 5.93. The number of carbonyl (C=O) groups excluding carboxylic acids is 2. The topological polar surface area (TPSA) is 81.4 Å². The molecule has 1 N–H and O–H groups in total. The first-order valence-corrected chi connectivity index (χ1v) is 8.67. The van der Waals surface area contributed by atoms with Crippen molar-refractivity contribution in [2.45, 2.75) is 19.4 Å². The molecule has 0 saturated carbocycles. The molecule has 0 aliphatic carbocycles. The van der Waals surface area contributed by atoms with Crippen LogP contribution in [0.3, 0.4) is 0 Å². The molecule has 0 unspecified atom stereocenters. The lowest BCUT2D eigenvalue weighted by molar-refractivity contribution is -0.144. The zero-order valence-corrected chi connectivity index (χ0v) is 14.8. The third kappa shape index (κ3) is 5.81. The maximum Gasteiger partial charge on any atom is 0.307 e. The van der Waals surface area contributed by atoms with Crippen LogP contribution in [0.1, 0.15) is 17.7 Å². The number of oxazole rings is 1. The van der Waals surface area contributed by atoms with Gasteiger partial charge in [-0.25, -0.2) is 4.98 Å². The van der Waals surface area contributed by atoms with Crippen molar-refractivity contribution in [3.63, 3.8) is 0 Å². The van der Waals surface area contributed by atoms with Crippen LogP contribution in [0.4, 0.5) is 0 Å². The smallest absolute Gasteiger partial charge is 0.307 e. The van der Waals surface area contributed by atoms with Crippen molar-refractivity contribution in [3.05, 3.63) is 78.2 Å². The molecule has 0 spiro atoms. The molecule has 2 aromatic carbocycles. The number of esters is 1. The molecule has 0 saturated heterocycles. The van der Waals surface area contributed by atoms with Crippen molar-refractivity contribution in [2.24, 2.45) is 0 Å². The van der Waals surface area contributed by atoms with E-state index in [0.717, 1.165) is 11.1 Å². The summed E-state index contributed by atoms with van der Waals surface area (Å²) >= 11 is 0. The maximum absolute atomic E-state index is 11.8. The molecule has 6 nitrogen and oxygen atoms in total. The molecule has 1 heterocycles. The van der Waals surface area contributed by atoms with Crippen LogP contribution >= 0.6 is 0 Å². The number of nitrogens with zero attached hydrogens (tertiary/aromatic N) is 1. The Hall–Kier alpha value is -3.41. The minimum atomic E-state index is -0.403. The monoisotopic (exact) mass is 364 g/mol. The Morgan fingerprint density at radius 1 is 1.00 bits per heavy atom. The van der Waals surface area contributed by atoms with Gasteiger partial charge in [-0.2, -0.15) is 0 Å². The summed E-state index contributed by atoms with van der Waals surface area (Å²) in [5.74, 6) is -0.0490. The van der Waals surface area contributed by atoms with Gasteiger partial charge in [-0.05, 0) is 17.7 Å². The molecule has 27 heavy (non-hydrogen) atoms. The summed E-state index contributed by atoms with van der Waals surface area (Å²) < 4.78 is 10.6. The summed E-state index contributed by atoms with van der Waals surface area (Å²) in [6, 6.07) is 18.9. The Morgan fingerprint density at radius 2 is 1.70 bits per heavy atom. The molecule has 3 aromatic rings. The number of hydrogen-bond acceptors (Lipinski definition) is 5. The Morgan fingerprint density at radius 3 is 2.44 bits per heavy atom. The minimum absolute atomic E-state index is 0.0348. The molecule has 0 aliphatic heterocycles. The molecule has 138 valence electrons. The van der Waals surface area contributed by atoms with Crippen molar-refractivity contribution in [2.75, 3.05) is 6.54 Å². The first kappa shape index (κ1) is 18.4. The van der Waals surface area contributed by atoms with Gasteiger partial charge >= 0.3 is 5.97 Å². The second-order valence-corrected chi connectivity index (χ2v) is 5.93. The third-order valence-electron chi connectivity index (χ3n) is 3.81. The quantitative estimate of drug-likeness (QED) is 0.621. The van der Waals surface area contributed by atoms with E-state index in [4.69, 9.17) is 9.15 Å². The fraction of sp³-hybridized carbons (Fsp3) is 0.190. The van der Waals surface area contributed by atoms with E-state index in [9.17, 15) is 9.59 Å². The van der Waals surface area contributed by atoms with Crippen molar-refractivity contribution in [1.82, 2.24) is 10.3 Å². The SMILES string of the molecule is O=C(Cc1ccccc1)NCCC(=O)OCc1coc(-c2ccccc2)n1. The number of hydrogen-bond donors (Lipinski definition) is 1.